The van der Waals surface area contributed by atoms with Gasteiger partial charge < -0.3 is 9.97 Å². The Labute approximate surface area is 226 Å². The van der Waals surface area contributed by atoms with Crippen molar-refractivity contribution in [3.63, 3.8) is 0 Å². The number of aromatic amines is 2. The van der Waals surface area contributed by atoms with Gasteiger partial charge in [-0.05, 0) is 97.1 Å². The van der Waals surface area contributed by atoms with Crippen LogP contribution in [0.5, 0.6) is 0 Å². The Morgan fingerprint density at radius 1 is 0.432 bits per heavy atom. The van der Waals surface area contributed by atoms with Crippen LogP contribution in [-0.4, -0.2) is 29.9 Å². The van der Waals surface area contributed by atoms with E-state index in [0.717, 1.165) is 56.2 Å². The summed E-state index contributed by atoms with van der Waals surface area (Å²) in [4.78, 5) is 24.4. The molecule has 0 aromatic carbocycles. The molecule has 0 spiro atoms. The van der Waals surface area contributed by atoms with Gasteiger partial charge in [-0.1, -0.05) is 12.1 Å². The van der Waals surface area contributed by atoms with Gasteiger partial charge in [0.2, 0.25) is 0 Å². The van der Waals surface area contributed by atoms with Gasteiger partial charge in [0.25, 0.3) is 0 Å². The van der Waals surface area contributed by atoms with Crippen molar-refractivity contribution in [3.05, 3.63) is 120 Å². The summed E-state index contributed by atoms with van der Waals surface area (Å²) >= 11 is 0. The first-order valence-electron chi connectivity index (χ1n) is 11.6. The summed E-state index contributed by atoms with van der Waals surface area (Å²) in [6.07, 6.45) is 11.6. The van der Waals surface area contributed by atoms with Crippen molar-refractivity contribution in [3.8, 4) is 11.4 Å². The maximum atomic E-state index is 4.63. The molecule has 0 unspecified atom stereocenters. The SMILES string of the molecule is C1=Cc2cc3ccc(cc4nc(cc5ccc(cc1n2)[nH]5)C=C4)[nH]3.[Zn].c1ccc(-c2ccccn2)nc1. The van der Waals surface area contributed by atoms with Gasteiger partial charge in [-0.3, -0.25) is 9.97 Å². The monoisotopic (exact) mass is 530 g/mol. The van der Waals surface area contributed by atoms with Gasteiger partial charge in [0.15, 0.2) is 0 Å². The molecule has 2 aliphatic heterocycles. The fourth-order valence-electron chi connectivity index (χ4n) is 3.97. The number of H-pyrrole nitrogens is 2. The number of aromatic nitrogens is 6. The summed E-state index contributed by atoms with van der Waals surface area (Å²) in [6, 6.07) is 28.0. The topological polar surface area (TPSA) is 83.1 Å². The van der Waals surface area contributed by atoms with Crippen molar-refractivity contribution < 1.29 is 19.5 Å². The van der Waals surface area contributed by atoms with Gasteiger partial charge in [-0.25, -0.2) is 9.97 Å². The molecule has 0 aliphatic carbocycles. The van der Waals surface area contributed by atoms with Crippen molar-refractivity contribution in [2.24, 2.45) is 0 Å². The van der Waals surface area contributed by atoms with Crippen LogP contribution in [-0.2, 0) is 19.5 Å². The van der Waals surface area contributed by atoms with Crippen LogP contribution in [0.1, 0.15) is 22.8 Å². The molecular formula is C30H22N6Zn. The zero-order chi connectivity index (χ0) is 24.2. The molecule has 0 amide bonds. The number of hydrogen-bond acceptors (Lipinski definition) is 4. The molecule has 0 saturated heterocycles. The minimum atomic E-state index is 0. The third-order valence-electron chi connectivity index (χ3n) is 5.63. The summed E-state index contributed by atoms with van der Waals surface area (Å²) in [5, 5.41) is 0. The molecule has 7 heterocycles. The van der Waals surface area contributed by atoms with E-state index >= 15 is 0 Å². The van der Waals surface area contributed by atoms with E-state index in [2.05, 4.69) is 54.2 Å². The number of pyridine rings is 2. The van der Waals surface area contributed by atoms with Crippen LogP contribution < -0.4 is 0 Å². The van der Waals surface area contributed by atoms with Gasteiger partial charge in [0, 0.05) is 53.9 Å². The Morgan fingerprint density at radius 2 is 0.784 bits per heavy atom. The minimum Gasteiger partial charge on any atom is -0.355 e. The Kier molecular flexibility index (Phi) is 7.24. The molecule has 5 aromatic heterocycles. The molecule has 5 aromatic rings. The van der Waals surface area contributed by atoms with E-state index in [-0.39, 0.29) is 19.5 Å². The molecule has 174 valence electrons. The van der Waals surface area contributed by atoms with Crippen molar-refractivity contribution in [1.82, 2.24) is 29.9 Å². The van der Waals surface area contributed by atoms with E-state index in [1.165, 1.54) is 0 Å². The zero-order valence-corrected chi connectivity index (χ0v) is 23.0. The van der Waals surface area contributed by atoms with Crippen molar-refractivity contribution in [1.29, 1.82) is 0 Å². The first-order chi connectivity index (χ1) is 17.8. The molecule has 2 N–H and O–H groups in total. The number of nitrogens with one attached hydrogen (secondary N) is 2. The van der Waals surface area contributed by atoms with E-state index in [1.54, 1.807) is 12.4 Å². The number of nitrogens with zero attached hydrogens (tertiary/aromatic N) is 4. The fourth-order valence-corrected chi connectivity index (χ4v) is 3.97. The van der Waals surface area contributed by atoms with E-state index in [4.69, 9.17) is 0 Å². The Hall–Kier alpha value is -4.48. The number of fused-ring (bicyclic) bond motifs is 8. The molecule has 0 radical (unpaired) electrons. The molecule has 6 nitrogen and oxygen atoms in total. The third kappa shape index (κ3) is 6.03. The van der Waals surface area contributed by atoms with Crippen LogP contribution in [0.2, 0.25) is 0 Å². The molecule has 0 saturated carbocycles. The predicted octanol–water partition coefficient (Wildman–Crippen LogP) is 6.80. The van der Waals surface area contributed by atoms with Crippen LogP contribution in [0.4, 0.5) is 0 Å². The van der Waals surface area contributed by atoms with E-state index in [0.29, 0.717) is 0 Å². The van der Waals surface area contributed by atoms with E-state index < -0.39 is 0 Å². The Balaban J connectivity index is 0.000000183. The molecule has 37 heavy (non-hydrogen) atoms. The molecule has 8 bridgehead atoms. The second-order valence-electron chi connectivity index (χ2n) is 8.34. The summed E-state index contributed by atoms with van der Waals surface area (Å²) in [5.41, 5.74) is 9.69. The maximum absolute atomic E-state index is 4.63. The van der Waals surface area contributed by atoms with Crippen LogP contribution >= 0.6 is 0 Å². The van der Waals surface area contributed by atoms with Crippen LogP contribution in [0.25, 0.3) is 57.8 Å². The van der Waals surface area contributed by atoms with Gasteiger partial charge in [-0.15, -0.1) is 0 Å². The normalized spacial score (nSPS) is 11.4. The Bertz CT molecular complexity index is 1520. The van der Waals surface area contributed by atoms with Crippen molar-refractivity contribution >= 4 is 46.4 Å². The first kappa shape index (κ1) is 24.2. The van der Waals surface area contributed by atoms with Crippen molar-refractivity contribution in [2.75, 3.05) is 0 Å². The maximum Gasteiger partial charge on any atom is 0.0886 e. The fraction of sp³-hybridized carbons (Fsp3) is 0. The zero-order valence-electron chi connectivity index (χ0n) is 20.0. The molecular weight excluding hydrogens is 510 g/mol. The molecule has 7 rings (SSSR count). The predicted molar refractivity (Wildman–Crippen MR) is 146 cm³/mol. The minimum absolute atomic E-state index is 0. The molecule has 0 fully saturated rings. The first-order valence-corrected chi connectivity index (χ1v) is 11.6. The standard InChI is InChI=1S/C20H14N4.C10H8N2.Zn/c1-2-14-10-16-5-6-18(23-16)12-20-8-7-19(24-20)11-17-4-3-15(22-17)9-13(1)21-14;1-3-7-11-9(5-1)10-6-2-4-8-12-10;/h1-12,21,24H;1-8H;. The smallest absolute Gasteiger partial charge is 0.0886 e. The largest absolute Gasteiger partial charge is 0.355 e. The summed E-state index contributed by atoms with van der Waals surface area (Å²) < 4.78 is 0. The summed E-state index contributed by atoms with van der Waals surface area (Å²) in [5.74, 6) is 0. The average molecular weight is 532 g/mol. The number of rotatable bonds is 1. The van der Waals surface area contributed by atoms with Crippen LogP contribution in [0, 0.1) is 0 Å². The van der Waals surface area contributed by atoms with Crippen LogP contribution in [0.15, 0.2) is 97.3 Å². The van der Waals surface area contributed by atoms with Crippen LogP contribution in [0.3, 0.4) is 0 Å². The van der Waals surface area contributed by atoms with Gasteiger partial charge in [-0.2, -0.15) is 0 Å². The van der Waals surface area contributed by atoms with Gasteiger partial charge in [0.1, 0.15) is 0 Å². The van der Waals surface area contributed by atoms with E-state index in [9.17, 15) is 0 Å². The van der Waals surface area contributed by atoms with Gasteiger partial charge >= 0.3 is 0 Å². The molecule has 7 heteroatoms. The van der Waals surface area contributed by atoms with Gasteiger partial charge in [0.05, 0.1) is 34.2 Å². The second-order valence-corrected chi connectivity index (χ2v) is 8.34. The third-order valence-corrected chi connectivity index (χ3v) is 5.63. The van der Waals surface area contributed by atoms with Crippen molar-refractivity contribution in [2.45, 2.75) is 0 Å². The second kappa shape index (κ2) is 11.1. The number of hydrogen-bond donors (Lipinski definition) is 2. The summed E-state index contributed by atoms with van der Waals surface area (Å²) in [6.45, 7) is 0. The Morgan fingerprint density at radius 3 is 1.08 bits per heavy atom. The summed E-state index contributed by atoms with van der Waals surface area (Å²) in [7, 11) is 0. The molecule has 0 atom stereocenters. The average Bonchev–Trinajstić information content (AvgIpc) is 3.72. The molecule has 2 aliphatic rings. The quantitative estimate of drug-likeness (QED) is 0.228. The van der Waals surface area contributed by atoms with E-state index in [1.807, 2.05) is 85.0 Å².